The number of fused-ring (bicyclic) bond motifs is 1. The molecule has 0 saturated heterocycles. The molecule has 2 N–H and O–H groups in total. The average molecular weight is 331 g/mol. The molecule has 0 spiro atoms. The highest BCUT2D eigenvalue weighted by molar-refractivity contribution is 6.06. The first-order chi connectivity index (χ1) is 12.3. The van der Waals surface area contributed by atoms with Gasteiger partial charge in [-0.1, -0.05) is 12.1 Å². The van der Waals surface area contributed by atoms with Gasteiger partial charge in [0.1, 0.15) is 12.1 Å². The molecule has 4 aromatic rings. The van der Waals surface area contributed by atoms with E-state index in [1.165, 1.54) is 6.33 Å². The Kier molecular flexibility index (Phi) is 3.88. The van der Waals surface area contributed by atoms with E-state index in [9.17, 15) is 4.79 Å². The Bertz CT molecular complexity index is 1010. The molecule has 0 aromatic carbocycles. The molecule has 25 heavy (non-hydrogen) atoms. The molecule has 0 atom stereocenters. The molecule has 0 fully saturated rings. The van der Waals surface area contributed by atoms with Gasteiger partial charge in [-0.05, 0) is 29.8 Å². The second-order valence-corrected chi connectivity index (χ2v) is 5.49. The van der Waals surface area contributed by atoms with Gasteiger partial charge in [-0.15, -0.1) is 0 Å². The monoisotopic (exact) mass is 331 g/mol. The molecule has 0 saturated carbocycles. The van der Waals surface area contributed by atoms with Gasteiger partial charge in [0.2, 0.25) is 5.69 Å². The first kappa shape index (κ1) is 14.9. The summed E-state index contributed by atoms with van der Waals surface area (Å²) in [6, 6.07) is 11.3. The maximum absolute atomic E-state index is 12.7. The molecule has 0 aliphatic carbocycles. The minimum absolute atomic E-state index is 0.250. The van der Waals surface area contributed by atoms with Crippen LogP contribution in [0, 0.1) is 0 Å². The van der Waals surface area contributed by atoms with Crippen LogP contribution in [-0.4, -0.2) is 25.8 Å². The topological polar surface area (TPSA) is 87.7 Å². The summed E-state index contributed by atoms with van der Waals surface area (Å²) >= 11 is 0. The lowest BCUT2D eigenvalue weighted by molar-refractivity contribution is -0.520. The van der Waals surface area contributed by atoms with Gasteiger partial charge < -0.3 is 5.32 Å². The molecular weight excluding hydrogens is 316 g/mol. The number of amides is 1. The van der Waals surface area contributed by atoms with Crippen molar-refractivity contribution in [2.75, 3.05) is 5.32 Å². The van der Waals surface area contributed by atoms with Crippen LogP contribution in [0.1, 0.15) is 21.9 Å². The Morgan fingerprint density at radius 2 is 2.08 bits per heavy atom. The predicted octanol–water partition coefficient (Wildman–Crippen LogP) is 1.78. The van der Waals surface area contributed by atoms with Crippen LogP contribution in [0.25, 0.3) is 5.52 Å². The van der Waals surface area contributed by atoms with Crippen LogP contribution in [0.15, 0.2) is 67.5 Å². The summed E-state index contributed by atoms with van der Waals surface area (Å²) < 4.78 is 1.97. The van der Waals surface area contributed by atoms with Crippen LogP contribution in [0.2, 0.25) is 0 Å². The van der Waals surface area contributed by atoms with Crippen LogP contribution in [0.4, 0.5) is 5.82 Å². The van der Waals surface area contributed by atoms with Gasteiger partial charge in [0.15, 0.2) is 5.52 Å². The van der Waals surface area contributed by atoms with Gasteiger partial charge in [-0.25, -0.2) is 15.0 Å². The second-order valence-electron chi connectivity index (χ2n) is 5.49. The molecule has 0 bridgehead atoms. The Balaban J connectivity index is 1.71. The largest absolute Gasteiger partial charge is 0.303 e. The van der Waals surface area contributed by atoms with E-state index in [2.05, 4.69) is 25.3 Å². The Labute approximate surface area is 143 Å². The summed E-state index contributed by atoms with van der Waals surface area (Å²) in [6.45, 7) is 0. The van der Waals surface area contributed by atoms with Crippen molar-refractivity contribution in [1.29, 1.82) is 0 Å². The highest BCUT2D eigenvalue weighted by Crippen LogP contribution is 2.12. The quantitative estimate of drug-likeness (QED) is 0.558. The molecule has 0 aliphatic heterocycles. The fourth-order valence-corrected chi connectivity index (χ4v) is 2.69. The van der Waals surface area contributed by atoms with Crippen molar-refractivity contribution in [3.63, 3.8) is 0 Å². The number of hydrogen-bond acceptors (Lipinski definition) is 4. The lowest BCUT2D eigenvalue weighted by Gasteiger charge is -1.99. The molecule has 7 heteroatoms. The van der Waals surface area contributed by atoms with Crippen LogP contribution in [0.3, 0.4) is 0 Å². The van der Waals surface area contributed by atoms with E-state index in [0.717, 1.165) is 16.9 Å². The highest BCUT2D eigenvalue weighted by Gasteiger charge is 2.24. The van der Waals surface area contributed by atoms with Crippen LogP contribution >= 0.6 is 0 Å². The molecule has 0 aliphatic rings. The third-order valence-corrected chi connectivity index (χ3v) is 3.82. The Morgan fingerprint density at radius 1 is 1.12 bits per heavy atom. The van der Waals surface area contributed by atoms with Crippen molar-refractivity contribution in [3.8, 4) is 0 Å². The van der Waals surface area contributed by atoms with E-state index < -0.39 is 0 Å². The number of nitrogens with one attached hydrogen (secondary N) is 2. The number of nitrogens with zero attached hydrogens (tertiary/aromatic N) is 4. The fourth-order valence-electron chi connectivity index (χ4n) is 2.69. The Morgan fingerprint density at radius 3 is 2.88 bits per heavy atom. The number of hydrogen-bond donors (Lipinski definition) is 2. The minimum Gasteiger partial charge on any atom is -0.303 e. The first-order valence-corrected chi connectivity index (χ1v) is 7.79. The summed E-state index contributed by atoms with van der Waals surface area (Å²) in [5.41, 5.74) is 2.34. The van der Waals surface area contributed by atoms with Gasteiger partial charge in [0.25, 0.3) is 5.82 Å². The average Bonchev–Trinajstić information content (AvgIpc) is 3.02. The van der Waals surface area contributed by atoms with E-state index in [0.29, 0.717) is 17.9 Å². The fraction of sp³-hybridized carbons (Fsp3) is 0.0556. The van der Waals surface area contributed by atoms with Gasteiger partial charge in [-0.2, -0.15) is 4.40 Å². The molecule has 4 aromatic heterocycles. The number of rotatable bonds is 4. The number of carbonyl (C=O) groups excluding carboxylic acids is 1. The molecule has 4 rings (SSSR count). The number of anilines is 1. The number of H-pyrrole nitrogens is 1. The number of aromatic nitrogens is 5. The lowest BCUT2D eigenvalue weighted by Crippen LogP contribution is -2.24. The second kappa shape index (κ2) is 6.48. The number of carbonyl (C=O) groups is 1. The van der Waals surface area contributed by atoms with Crippen molar-refractivity contribution in [3.05, 3.63) is 84.6 Å². The predicted molar refractivity (Wildman–Crippen MR) is 91.0 cm³/mol. The van der Waals surface area contributed by atoms with Crippen molar-refractivity contribution in [2.45, 2.75) is 6.42 Å². The Hall–Kier alpha value is -3.61. The summed E-state index contributed by atoms with van der Waals surface area (Å²) in [4.78, 5) is 27.9. The summed E-state index contributed by atoms with van der Waals surface area (Å²) in [5, 5.41) is 2.78. The van der Waals surface area contributed by atoms with Gasteiger partial charge in [-0.3, -0.25) is 9.78 Å². The molecular formula is C18H15N6O+. The summed E-state index contributed by atoms with van der Waals surface area (Å²) in [5.74, 6) is 1.11. The van der Waals surface area contributed by atoms with Crippen molar-refractivity contribution in [2.24, 2.45) is 0 Å². The van der Waals surface area contributed by atoms with Crippen molar-refractivity contribution in [1.82, 2.24) is 19.9 Å². The van der Waals surface area contributed by atoms with Gasteiger partial charge in [0, 0.05) is 18.6 Å². The minimum atomic E-state index is -0.250. The van der Waals surface area contributed by atoms with E-state index in [1.54, 1.807) is 18.5 Å². The van der Waals surface area contributed by atoms with Crippen LogP contribution < -0.4 is 9.72 Å². The van der Waals surface area contributed by atoms with E-state index >= 15 is 0 Å². The maximum atomic E-state index is 12.7. The normalized spacial score (nSPS) is 10.7. The summed E-state index contributed by atoms with van der Waals surface area (Å²) in [7, 11) is 0. The number of imidazole rings is 1. The zero-order valence-corrected chi connectivity index (χ0v) is 13.3. The standard InChI is InChI=1S/C18H14N6O/c25-18(22-15-6-8-20-12-21-15)17-14-5-1-2-9-24(14)16(23-17)10-13-4-3-7-19-11-13/h1-9,11-12H,10H2,(H,20,21,22,25)/p+1. The third kappa shape index (κ3) is 3.07. The SMILES string of the molecule is O=C(Nc1ccncn1)c1[nH]c(Cc2cccnc2)[n+]2ccccc12. The van der Waals surface area contributed by atoms with Crippen LogP contribution in [0.5, 0.6) is 0 Å². The first-order valence-electron chi connectivity index (χ1n) is 7.79. The third-order valence-electron chi connectivity index (χ3n) is 3.82. The maximum Gasteiger partial charge on any atom is 0.301 e. The van der Waals surface area contributed by atoms with Gasteiger partial charge in [0.05, 0.1) is 12.6 Å². The zero-order chi connectivity index (χ0) is 17.1. The molecule has 4 heterocycles. The molecule has 0 radical (unpaired) electrons. The smallest absolute Gasteiger partial charge is 0.301 e. The van der Waals surface area contributed by atoms with E-state index in [-0.39, 0.29) is 5.91 Å². The van der Waals surface area contributed by atoms with Crippen molar-refractivity contribution < 1.29 is 9.20 Å². The van der Waals surface area contributed by atoms with E-state index in [1.807, 2.05) is 47.1 Å². The molecule has 1 amide bonds. The molecule has 122 valence electrons. The van der Waals surface area contributed by atoms with E-state index in [4.69, 9.17) is 0 Å². The zero-order valence-electron chi connectivity index (χ0n) is 13.3. The lowest BCUT2D eigenvalue weighted by atomic mass is 10.2. The van der Waals surface area contributed by atoms with Crippen molar-refractivity contribution >= 4 is 17.2 Å². The highest BCUT2D eigenvalue weighted by atomic mass is 16.2. The summed E-state index contributed by atoms with van der Waals surface area (Å²) in [6.07, 6.45) is 9.10. The van der Waals surface area contributed by atoms with Gasteiger partial charge >= 0.3 is 5.91 Å². The number of pyridine rings is 2. The molecule has 0 unspecified atom stereocenters. The van der Waals surface area contributed by atoms with Crippen LogP contribution in [-0.2, 0) is 6.42 Å². The number of aromatic amines is 1. The molecule has 7 nitrogen and oxygen atoms in total.